The Morgan fingerprint density at radius 1 is 1.32 bits per heavy atom. The van der Waals surface area contributed by atoms with Crippen molar-refractivity contribution < 1.29 is 23.4 Å². The quantitative estimate of drug-likeness (QED) is 0.498. The van der Waals surface area contributed by atoms with Gasteiger partial charge in [-0.25, -0.2) is 9.97 Å². The number of methoxy groups -OCH3 is 1. The first-order valence-electron chi connectivity index (χ1n) is 12.0. The first kappa shape index (κ1) is 26.6. The molecule has 1 aliphatic rings. The number of aliphatic hydroxyl groups is 1. The Morgan fingerprint density at radius 2 is 2.05 bits per heavy atom. The summed E-state index contributed by atoms with van der Waals surface area (Å²) in [5.41, 5.74) is -0.160. The molecule has 11 heteroatoms. The van der Waals surface area contributed by atoms with E-state index >= 15 is 0 Å². The summed E-state index contributed by atoms with van der Waals surface area (Å²) in [5.74, 6) is -2.69. The highest BCUT2D eigenvalue weighted by Gasteiger charge is 2.43. The van der Waals surface area contributed by atoms with Crippen molar-refractivity contribution in [3.8, 4) is 0 Å². The van der Waals surface area contributed by atoms with E-state index in [1.165, 1.54) is 29.7 Å². The number of rotatable bonds is 7. The van der Waals surface area contributed by atoms with Crippen molar-refractivity contribution in [3.05, 3.63) is 63.3 Å². The third kappa shape index (κ3) is 4.80. The summed E-state index contributed by atoms with van der Waals surface area (Å²) in [5, 5.41) is 12.8. The minimum atomic E-state index is -3.36. The van der Waals surface area contributed by atoms with Crippen LogP contribution in [0.3, 0.4) is 0 Å². The summed E-state index contributed by atoms with van der Waals surface area (Å²) >= 11 is 0. The third-order valence-electron chi connectivity index (χ3n) is 7.10. The maximum Gasteiger partial charge on any atom is 0.295 e. The van der Waals surface area contributed by atoms with E-state index in [4.69, 9.17) is 9.84 Å². The number of hydrogen-bond donors (Lipinski definition) is 2. The van der Waals surface area contributed by atoms with Gasteiger partial charge >= 0.3 is 0 Å². The average Bonchev–Trinajstić information content (AvgIpc) is 3.32. The number of anilines is 1. The Labute approximate surface area is 213 Å². The van der Waals surface area contributed by atoms with E-state index in [2.05, 4.69) is 15.3 Å². The number of alkyl halides is 2. The molecule has 1 fully saturated rings. The predicted molar refractivity (Wildman–Crippen MR) is 135 cm³/mol. The Hall–Kier alpha value is -3.44. The predicted octanol–water partition coefficient (Wildman–Crippen LogP) is 2.99. The van der Waals surface area contributed by atoms with Crippen molar-refractivity contribution >= 4 is 22.6 Å². The second-order valence-corrected chi connectivity index (χ2v) is 9.52. The number of fused-ring (bicyclic) bond motifs is 1. The normalized spacial score (nSPS) is 18.9. The van der Waals surface area contributed by atoms with Crippen LogP contribution in [-0.2, 0) is 28.1 Å². The van der Waals surface area contributed by atoms with Crippen molar-refractivity contribution in [2.45, 2.75) is 44.8 Å². The summed E-state index contributed by atoms with van der Waals surface area (Å²) in [6.45, 7) is 4.47. The molecule has 2 atom stereocenters. The number of aryl methyl sites for hydroxylation is 1. The van der Waals surface area contributed by atoms with Crippen LogP contribution in [0.4, 0.5) is 14.6 Å². The molecule has 3 heterocycles. The lowest BCUT2D eigenvalue weighted by molar-refractivity contribution is -0.129. The fourth-order valence-electron chi connectivity index (χ4n) is 4.88. The van der Waals surface area contributed by atoms with E-state index in [-0.39, 0.29) is 22.5 Å². The summed E-state index contributed by atoms with van der Waals surface area (Å²) in [7, 11) is 3.20. The van der Waals surface area contributed by atoms with Gasteiger partial charge in [-0.05, 0) is 31.5 Å². The zero-order valence-corrected chi connectivity index (χ0v) is 21.5. The van der Waals surface area contributed by atoms with Gasteiger partial charge in [-0.1, -0.05) is 18.2 Å². The largest absolute Gasteiger partial charge is 0.390 e. The van der Waals surface area contributed by atoms with E-state index < -0.39 is 24.2 Å². The number of aliphatic hydroxyl groups excluding tert-OH is 1. The first-order chi connectivity index (χ1) is 17.4. The van der Waals surface area contributed by atoms with Crippen molar-refractivity contribution in [1.82, 2.24) is 19.4 Å². The van der Waals surface area contributed by atoms with Crippen LogP contribution in [0.2, 0.25) is 0 Å². The first-order valence-corrected chi connectivity index (χ1v) is 12.0. The van der Waals surface area contributed by atoms with Gasteiger partial charge in [0.15, 0.2) is 0 Å². The standard InChI is InChI=1S/C26H31F2N5O4/c1-15(18-7-6-8-19(11-18)26(27,28)14-34)29-23-20-12-21(25(37-5)9-10-33(13-25)17(3)35)32(4)24(36)22(20)30-16(2)31-23/h6-8,11-12,15,34H,9-10,13-14H2,1-5H3,(H,29,30,31)/t15-,25?/m1/s1. The van der Waals surface area contributed by atoms with E-state index in [0.717, 1.165) is 0 Å². The van der Waals surface area contributed by atoms with Gasteiger partial charge in [0.1, 0.15) is 29.4 Å². The van der Waals surface area contributed by atoms with Crippen molar-refractivity contribution in [1.29, 1.82) is 0 Å². The fourth-order valence-corrected chi connectivity index (χ4v) is 4.88. The molecule has 3 aromatic rings. The highest BCUT2D eigenvalue weighted by Crippen LogP contribution is 2.37. The lowest BCUT2D eigenvalue weighted by Crippen LogP contribution is -2.39. The second-order valence-electron chi connectivity index (χ2n) is 9.52. The molecular weight excluding hydrogens is 484 g/mol. The smallest absolute Gasteiger partial charge is 0.295 e. The fraction of sp³-hybridized carbons (Fsp3) is 0.462. The topological polar surface area (TPSA) is 110 Å². The van der Waals surface area contributed by atoms with Crippen LogP contribution in [0.1, 0.15) is 49.0 Å². The molecule has 198 valence electrons. The monoisotopic (exact) mass is 515 g/mol. The molecule has 0 spiro atoms. The lowest BCUT2D eigenvalue weighted by atomic mass is 9.96. The molecule has 0 aliphatic carbocycles. The van der Waals surface area contributed by atoms with Crippen LogP contribution in [0.5, 0.6) is 0 Å². The van der Waals surface area contributed by atoms with Gasteiger partial charge in [0, 0.05) is 45.7 Å². The van der Waals surface area contributed by atoms with Gasteiger partial charge in [0.25, 0.3) is 11.5 Å². The number of nitrogens with one attached hydrogen (secondary N) is 1. The molecule has 1 aromatic carbocycles. The zero-order chi connectivity index (χ0) is 27.1. The van der Waals surface area contributed by atoms with Crippen molar-refractivity contribution in [3.63, 3.8) is 0 Å². The summed E-state index contributed by atoms with van der Waals surface area (Å²) < 4.78 is 35.6. The third-order valence-corrected chi connectivity index (χ3v) is 7.10. The average molecular weight is 516 g/mol. The Bertz CT molecular complexity index is 1410. The van der Waals surface area contributed by atoms with Gasteiger partial charge in [-0.15, -0.1) is 0 Å². The zero-order valence-electron chi connectivity index (χ0n) is 21.5. The number of pyridine rings is 1. The molecule has 1 unspecified atom stereocenters. The number of ether oxygens (including phenoxy) is 1. The van der Waals surface area contributed by atoms with Gasteiger partial charge in [0.2, 0.25) is 5.91 Å². The molecule has 0 saturated carbocycles. The van der Waals surface area contributed by atoms with Crippen molar-refractivity contribution in [2.75, 3.05) is 32.1 Å². The van der Waals surface area contributed by atoms with E-state index in [1.54, 1.807) is 45.0 Å². The number of nitrogens with zero attached hydrogens (tertiary/aromatic N) is 4. The summed E-state index contributed by atoms with van der Waals surface area (Å²) in [6.07, 6.45) is 0.514. The van der Waals surface area contributed by atoms with E-state index in [1.807, 2.05) is 0 Å². The SMILES string of the molecule is COC1(c2cc3c(N[C@H](C)c4cccc(C(F)(F)CO)c4)nc(C)nc3c(=O)n2C)CCN(C(C)=O)C1. The number of halogens is 2. The van der Waals surface area contributed by atoms with Crippen LogP contribution in [0.25, 0.3) is 10.9 Å². The number of hydrogen-bond acceptors (Lipinski definition) is 7. The van der Waals surface area contributed by atoms with Crippen LogP contribution < -0.4 is 10.9 Å². The summed E-state index contributed by atoms with van der Waals surface area (Å²) in [6, 6.07) is 7.15. The van der Waals surface area contributed by atoms with Gasteiger partial charge in [0.05, 0.1) is 17.6 Å². The number of carbonyl (C=O) groups excluding carboxylic acids is 1. The molecule has 1 aliphatic heterocycles. The molecule has 1 saturated heterocycles. The highest BCUT2D eigenvalue weighted by molar-refractivity contribution is 5.89. The summed E-state index contributed by atoms with van der Waals surface area (Å²) in [4.78, 5) is 36.0. The van der Waals surface area contributed by atoms with Crippen molar-refractivity contribution in [2.24, 2.45) is 7.05 Å². The number of carbonyl (C=O) groups is 1. The van der Waals surface area contributed by atoms with Gasteiger partial charge in [-0.3, -0.25) is 9.59 Å². The number of benzene rings is 1. The Balaban J connectivity index is 1.80. The van der Waals surface area contributed by atoms with Crippen LogP contribution in [0.15, 0.2) is 35.1 Å². The number of aromatic nitrogens is 3. The molecule has 0 bridgehead atoms. The molecule has 2 N–H and O–H groups in total. The maximum atomic E-state index is 14.1. The minimum absolute atomic E-state index is 0.0751. The van der Waals surface area contributed by atoms with E-state index in [0.29, 0.717) is 47.8 Å². The lowest BCUT2D eigenvalue weighted by Gasteiger charge is -2.30. The van der Waals surface area contributed by atoms with Gasteiger partial charge < -0.3 is 24.6 Å². The highest BCUT2D eigenvalue weighted by atomic mass is 19.3. The molecule has 9 nitrogen and oxygen atoms in total. The maximum absolute atomic E-state index is 14.1. The molecule has 37 heavy (non-hydrogen) atoms. The molecular formula is C26H31F2N5O4. The molecule has 0 radical (unpaired) electrons. The molecule has 1 amide bonds. The second kappa shape index (κ2) is 9.79. The number of amides is 1. The molecule has 4 rings (SSSR count). The molecule has 2 aromatic heterocycles. The minimum Gasteiger partial charge on any atom is -0.390 e. The van der Waals surface area contributed by atoms with Crippen LogP contribution in [-0.4, -0.2) is 57.3 Å². The Morgan fingerprint density at radius 3 is 2.68 bits per heavy atom. The Kier molecular flexibility index (Phi) is 7.04. The van der Waals surface area contributed by atoms with E-state index in [9.17, 15) is 18.4 Å². The van der Waals surface area contributed by atoms with Crippen LogP contribution >= 0.6 is 0 Å². The van der Waals surface area contributed by atoms with Crippen LogP contribution in [0, 0.1) is 6.92 Å². The van der Waals surface area contributed by atoms with Gasteiger partial charge in [-0.2, -0.15) is 8.78 Å². The number of likely N-dealkylation sites (tertiary alicyclic amines) is 1.